The molecule has 1 aliphatic heterocycles. The summed E-state index contributed by atoms with van der Waals surface area (Å²) in [5.74, 6) is 6.80. The molecule has 20 heavy (non-hydrogen) atoms. The smallest absolute Gasteiger partial charge is 0.0420 e. The molecule has 1 aliphatic carbocycles. The molecule has 1 saturated carbocycles. The van der Waals surface area contributed by atoms with Crippen LogP contribution in [0.4, 0.5) is 0 Å². The number of hydrogen-bond acceptors (Lipinski definition) is 3. The van der Waals surface area contributed by atoms with Gasteiger partial charge in [0.25, 0.3) is 0 Å². The summed E-state index contributed by atoms with van der Waals surface area (Å²) in [5.41, 5.74) is 3.47. The van der Waals surface area contributed by atoms with Gasteiger partial charge in [0.1, 0.15) is 0 Å². The molecule has 2 atom stereocenters. The minimum atomic E-state index is 0.226. The van der Waals surface area contributed by atoms with Crippen LogP contribution in [0.15, 0.2) is 0 Å². The van der Waals surface area contributed by atoms with E-state index >= 15 is 0 Å². The van der Waals surface area contributed by atoms with Crippen LogP contribution in [0.3, 0.4) is 0 Å². The third-order valence-corrected chi connectivity index (χ3v) is 6.02. The van der Waals surface area contributed by atoms with E-state index in [-0.39, 0.29) is 5.54 Å². The highest BCUT2D eigenvalue weighted by Gasteiger charge is 2.41. The molecule has 0 spiro atoms. The normalized spacial score (nSPS) is 27.8. The fraction of sp³-hybridized carbons (Fsp3) is 1.00. The molecular weight excluding hydrogens is 246 g/mol. The van der Waals surface area contributed by atoms with Crippen molar-refractivity contribution in [3.8, 4) is 0 Å². The van der Waals surface area contributed by atoms with Crippen molar-refractivity contribution in [2.75, 3.05) is 13.1 Å². The van der Waals surface area contributed by atoms with Gasteiger partial charge in [-0.05, 0) is 58.0 Å². The lowest BCUT2D eigenvalue weighted by molar-refractivity contribution is 0.0199. The number of rotatable bonds is 5. The van der Waals surface area contributed by atoms with E-state index in [9.17, 15) is 0 Å². The molecule has 0 aromatic rings. The first-order valence-corrected chi connectivity index (χ1v) is 8.93. The Hall–Kier alpha value is -0.120. The van der Waals surface area contributed by atoms with Crippen LogP contribution >= 0.6 is 0 Å². The van der Waals surface area contributed by atoms with Crippen molar-refractivity contribution in [1.29, 1.82) is 0 Å². The third kappa shape index (κ3) is 3.55. The average Bonchev–Trinajstić information content (AvgIpc) is 2.78. The molecule has 2 aliphatic rings. The summed E-state index contributed by atoms with van der Waals surface area (Å²) in [5, 5.41) is 0. The number of nitrogens with zero attached hydrogens (tertiary/aromatic N) is 1. The van der Waals surface area contributed by atoms with E-state index in [0.717, 1.165) is 5.92 Å². The van der Waals surface area contributed by atoms with Gasteiger partial charge in [0, 0.05) is 11.6 Å². The quantitative estimate of drug-likeness (QED) is 0.461. The number of hydrogen-bond donors (Lipinski definition) is 2. The summed E-state index contributed by atoms with van der Waals surface area (Å²) in [6, 6.07) is 0.448. The zero-order valence-corrected chi connectivity index (χ0v) is 13.7. The van der Waals surface area contributed by atoms with E-state index in [1.165, 1.54) is 77.3 Å². The van der Waals surface area contributed by atoms with Crippen molar-refractivity contribution in [1.82, 2.24) is 10.3 Å². The molecule has 1 saturated heterocycles. The molecule has 118 valence electrons. The summed E-state index contributed by atoms with van der Waals surface area (Å²) in [4.78, 5) is 2.73. The van der Waals surface area contributed by atoms with E-state index in [2.05, 4.69) is 24.2 Å². The van der Waals surface area contributed by atoms with Crippen molar-refractivity contribution in [2.24, 2.45) is 11.8 Å². The summed E-state index contributed by atoms with van der Waals surface area (Å²) in [6.07, 6.45) is 13.6. The van der Waals surface area contributed by atoms with Crippen molar-refractivity contribution >= 4 is 0 Å². The van der Waals surface area contributed by atoms with Gasteiger partial charge in [-0.15, -0.1) is 0 Å². The summed E-state index contributed by atoms with van der Waals surface area (Å²) in [6.45, 7) is 7.31. The Labute approximate surface area is 125 Å². The van der Waals surface area contributed by atoms with Gasteiger partial charge >= 0.3 is 0 Å². The molecule has 2 rings (SSSR count). The SMILES string of the molecule is CCC(C)(C(NN)C1CCCCCC1)N1CCCCC1. The average molecular weight is 281 g/mol. The van der Waals surface area contributed by atoms with Gasteiger partial charge in [-0.3, -0.25) is 16.2 Å². The Morgan fingerprint density at radius 3 is 2.10 bits per heavy atom. The monoisotopic (exact) mass is 281 g/mol. The summed E-state index contributed by atoms with van der Waals surface area (Å²) in [7, 11) is 0. The van der Waals surface area contributed by atoms with E-state index in [1.54, 1.807) is 0 Å². The highest BCUT2D eigenvalue weighted by atomic mass is 15.3. The molecule has 3 heteroatoms. The van der Waals surface area contributed by atoms with Gasteiger partial charge in [-0.2, -0.15) is 0 Å². The topological polar surface area (TPSA) is 41.3 Å². The molecule has 0 bridgehead atoms. The van der Waals surface area contributed by atoms with Crippen molar-refractivity contribution in [2.45, 2.75) is 89.6 Å². The molecule has 0 aromatic heterocycles. The Balaban J connectivity index is 2.11. The van der Waals surface area contributed by atoms with Crippen molar-refractivity contribution < 1.29 is 0 Å². The van der Waals surface area contributed by atoms with E-state index < -0.39 is 0 Å². The van der Waals surface area contributed by atoms with E-state index in [4.69, 9.17) is 5.84 Å². The molecule has 0 aromatic carbocycles. The number of hydrazine groups is 1. The van der Waals surface area contributed by atoms with E-state index in [1.807, 2.05) is 0 Å². The largest absolute Gasteiger partial charge is 0.296 e. The fourth-order valence-electron chi connectivity index (χ4n) is 4.51. The third-order valence-electron chi connectivity index (χ3n) is 6.02. The summed E-state index contributed by atoms with van der Waals surface area (Å²) >= 11 is 0. The lowest BCUT2D eigenvalue weighted by Gasteiger charge is -2.50. The Morgan fingerprint density at radius 1 is 1.05 bits per heavy atom. The van der Waals surface area contributed by atoms with Gasteiger partial charge < -0.3 is 0 Å². The second-order valence-corrected chi connectivity index (χ2v) is 7.15. The predicted octanol–water partition coefficient (Wildman–Crippen LogP) is 3.44. The van der Waals surface area contributed by atoms with Crippen LogP contribution in [-0.4, -0.2) is 29.6 Å². The molecule has 3 N–H and O–H groups in total. The Morgan fingerprint density at radius 2 is 1.60 bits per heavy atom. The van der Waals surface area contributed by atoms with Crippen LogP contribution in [0.5, 0.6) is 0 Å². The highest BCUT2D eigenvalue weighted by molar-refractivity contribution is 4.99. The number of likely N-dealkylation sites (tertiary alicyclic amines) is 1. The first-order chi connectivity index (χ1) is 9.72. The Kier molecular flexibility index (Phi) is 6.31. The molecule has 3 nitrogen and oxygen atoms in total. The number of nitrogens with one attached hydrogen (secondary N) is 1. The lowest BCUT2D eigenvalue weighted by atomic mass is 9.76. The predicted molar refractivity (Wildman–Crippen MR) is 86.4 cm³/mol. The van der Waals surface area contributed by atoms with Crippen LogP contribution in [0.1, 0.15) is 78.1 Å². The molecule has 2 unspecified atom stereocenters. The minimum Gasteiger partial charge on any atom is -0.296 e. The van der Waals surface area contributed by atoms with Crippen LogP contribution in [0, 0.1) is 5.92 Å². The zero-order chi connectivity index (χ0) is 14.4. The molecule has 0 amide bonds. The van der Waals surface area contributed by atoms with Gasteiger partial charge in [-0.25, -0.2) is 0 Å². The van der Waals surface area contributed by atoms with Crippen LogP contribution < -0.4 is 11.3 Å². The fourth-order valence-corrected chi connectivity index (χ4v) is 4.51. The highest BCUT2D eigenvalue weighted by Crippen LogP contribution is 2.35. The first-order valence-electron chi connectivity index (χ1n) is 8.93. The van der Waals surface area contributed by atoms with Gasteiger partial charge in [-0.1, -0.05) is 39.0 Å². The maximum Gasteiger partial charge on any atom is 0.0420 e. The molecule has 0 radical (unpaired) electrons. The van der Waals surface area contributed by atoms with Crippen LogP contribution in [0.2, 0.25) is 0 Å². The summed E-state index contributed by atoms with van der Waals surface area (Å²) < 4.78 is 0. The van der Waals surface area contributed by atoms with Gasteiger partial charge in [0.2, 0.25) is 0 Å². The number of piperidine rings is 1. The molecule has 1 heterocycles. The first kappa shape index (κ1) is 16.3. The number of nitrogens with two attached hydrogens (primary N) is 1. The maximum absolute atomic E-state index is 6.05. The zero-order valence-electron chi connectivity index (χ0n) is 13.7. The van der Waals surface area contributed by atoms with E-state index in [0.29, 0.717) is 6.04 Å². The van der Waals surface area contributed by atoms with Crippen molar-refractivity contribution in [3.63, 3.8) is 0 Å². The Bertz CT molecular complexity index is 267. The molecular formula is C17H35N3. The second-order valence-electron chi connectivity index (χ2n) is 7.15. The lowest BCUT2D eigenvalue weighted by Crippen LogP contribution is -2.64. The van der Waals surface area contributed by atoms with Crippen molar-refractivity contribution in [3.05, 3.63) is 0 Å². The van der Waals surface area contributed by atoms with Gasteiger partial charge in [0.15, 0.2) is 0 Å². The van der Waals surface area contributed by atoms with Gasteiger partial charge in [0.05, 0.1) is 0 Å². The minimum absolute atomic E-state index is 0.226. The maximum atomic E-state index is 6.05. The molecule has 2 fully saturated rings. The van der Waals surface area contributed by atoms with Crippen LogP contribution in [0.25, 0.3) is 0 Å². The standard InChI is InChI=1S/C17H35N3/c1-3-17(2,20-13-9-6-10-14-20)16(19-18)15-11-7-4-5-8-12-15/h15-16,19H,3-14,18H2,1-2H3. The second kappa shape index (κ2) is 7.77. The van der Waals surface area contributed by atoms with Crippen LogP contribution in [-0.2, 0) is 0 Å².